The molecule has 0 aliphatic heterocycles. The summed E-state index contributed by atoms with van der Waals surface area (Å²) in [7, 11) is 0. The number of aromatic nitrogens is 3. The van der Waals surface area contributed by atoms with E-state index >= 15 is 0 Å². The lowest BCUT2D eigenvalue weighted by molar-refractivity contribution is 0.630. The number of rotatable bonds is 3. The molecule has 0 saturated heterocycles. The molecule has 0 fully saturated rings. The first-order valence-corrected chi connectivity index (χ1v) is 8.23. The molecule has 4 rings (SSSR count). The first kappa shape index (κ1) is 14.7. The van der Waals surface area contributed by atoms with E-state index in [0.29, 0.717) is 10.9 Å². The normalized spacial score (nSPS) is 10.9. The van der Waals surface area contributed by atoms with Crippen molar-refractivity contribution in [1.82, 2.24) is 15.2 Å². The molecule has 4 nitrogen and oxygen atoms in total. The molecule has 2 aromatic carbocycles. The Hall–Kier alpha value is -2.86. The van der Waals surface area contributed by atoms with Crippen molar-refractivity contribution < 1.29 is 4.39 Å². The second-order valence-electron chi connectivity index (χ2n) is 5.43. The van der Waals surface area contributed by atoms with Crippen LogP contribution in [-0.4, -0.2) is 15.2 Å². The van der Waals surface area contributed by atoms with Gasteiger partial charge in [-0.25, -0.2) is 9.37 Å². The van der Waals surface area contributed by atoms with Crippen LogP contribution in [0.4, 0.5) is 15.3 Å². The molecule has 2 heterocycles. The first-order valence-electron chi connectivity index (χ1n) is 7.41. The van der Waals surface area contributed by atoms with Crippen molar-refractivity contribution in [3.8, 4) is 11.3 Å². The molecule has 0 spiro atoms. The second-order valence-corrected chi connectivity index (χ2v) is 6.46. The van der Waals surface area contributed by atoms with E-state index in [4.69, 9.17) is 0 Å². The van der Waals surface area contributed by atoms with E-state index in [1.54, 1.807) is 6.07 Å². The molecule has 2 aromatic heterocycles. The van der Waals surface area contributed by atoms with Gasteiger partial charge in [0.1, 0.15) is 5.82 Å². The number of hydrogen-bond acceptors (Lipinski definition) is 5. The maximum atomic E-state index is 13.2. The topological polar surface area (TPSA) is 50.7 Å². The van der Waals surface area contributed by atoms with Gasteiger partial charge in [-0.15, -0.1) is 10.2 Å². The highest BCUT2D eigenvalue weighted by Crippen LogP contribution is 2.28. The molecule has 0 amide bonds. The molecule has 4 aromatic rings. The van der Waals surface area contributed by atoms with Gasteiger partial charge >= 0.3 is 0 Å². The van der Waals surface area contributed by atoms with Gasteiger partial charge in [0.25, 0.3) is 0 Å². The summed E-state index contributed by atoms with van der Waals surface area (Å²) in [6, 6.07) is 16.4. The van der Waals surface area contributed by atoms with E-state index in [0.717, 1.165) is 21.5 Å². The third kappa shape index (κ3) is 2.96. The summed E-state index contributed by atoms with van der Waals surface area (Å²) >= 11 is 1.38. The molecule has 118 valence electrons. The Morgan fingerprint density at radius 1 is 0.958 bits per heavy atom. The van der Waals surface area contributed by atoms with E-state index in [1.165, 1.54) is 29.0 Å². The van der Waals surface area contributed by atoms with Gasteiger partial charge in [-0.3, -0.25) is 0 Å². The first-order chi connectivity index (χ1) is 11.7. The van der Waals surface area contributed by atoms with E-state index < -0.39 is 0 Å². The molecule has 0 unspecified atom stereocenters. The summed E-state index contributed by atoms with van der Waals surface area (Å²) in [5.41, 5.74) is 3.80. The lowest BCUT2D eigenvalue weighted by Gasteiger charge is -2.03. The standard InChI is InChI=1S/C18H13FN4S/c1-11-2-4-12(5-3-11)14-8-9-17(23-22-14)21-18-20-15-7-6-13(19)10-16(15)24-18/h2-10H,1H3,(H,20,21,23). The van der Waals surface area contributed by atoms with E-state index in [-0.39, 0.29) is 5.82 Å². The molecule has 0 bridgehead atoms. The maximum absolute atomic E-state index is 13.2. The number of nitrogens with zero attached hydrogens (tertiary/aromatic N) is 3. The van der Waals surface area contributed by atoms with Crippen LogP contribution >= 0.6 is 11.3 Å². The minimum absolute atomic E-state index is 0.264. The van der Waals surface area contributed by atoms with Gasteiger partial charge in [0.2, 0.25) is 0 Å². The molecule has 0 aliphatic rings. The second kappa shape index (κ2) is 5.98. The van der Waals surface area contributed by atoms with Crippen molar-refractivity contribution in [1.29, 1.82) is 0 Å². The molecule has 0 atom stereocenters. The predicted molar refractivity (Wildman–Crippen MR) is 95.1 cm³/mol. The lowest BCUT2D eigenvalue weighted by atomic mass is 10.1. The van der Waals surface area contributed by atoms with Gasteiger partial charge in [0.15, 0.2) is 10.9 Å². The van der Waals surface area contributed by atoms with Crippen LogP contribution in [0.25, 0.3) is 21.5 Å². The zero-order chi connectivity index (χ0) is 16.5. The van der Waals surface area contributed by atoms with Gasteiger partial charge < -0.3 is 5.32 Å². The van der Waals surface area contributed by atoms with Crippen LogP contribution in [0.15, 0.2) is 54.6 Å². The van der Waals surface area contributed by atoms with Crippen molar-refractivity contribution >= 4 is 32.5 Å². The fraction of sp³-hybridized carbons (Fsp3) is 0.0556. The van der Waals surface area contributed by atoms with Crippen LogP contribution in [0.5, 0.6) is 0 Å². The molecule has 0 saturated carbocycles. The quantitative estimate of drug-likeness (QED) is 0.575. The number of benzene rings is 2. The molecule has 1 N–H and O–H groups in total. The Labute approximate surface area is 142 Å². The fourth-order valence-electron chi connectivity index (χ4n) is 2.34. The molecular weight excluding hydrogens is 323 g/mol. The summed E-state index contributed by atoms with van der Waals surface area (Å²) in [5, 5.41) is 12.2. The molecule has 0 aliphatic carbocycles. The number of thiazole rings is 1. The fourth-order valence-corrected chi connectivity index (χ4v) is 3.24. The summed E-state index contributed by atoms with van der Waals surface area (Å²) in [6.45, 7) is 2.05. The Kier molecular flexibility index (Phi) is 3.66. The Bertz CT molecular complexity index is 994. The molecule has 6 heteroatoms. The van der Waals surface area contributed by atoms with Crippen molar-refractivity contribution in [2.75, 3.05) is 5.32 Å². The van der Waals surface area contributed by atoms with Crippen LogP contribution in [0.2, 0.25) is 0 Å². The minimum atomic E-state index is -0.264. The van der Waals surface area contributed by atoms with Crippen molar-refractivity contribution in [3.63, 3.8) is 0 Å². The number of anilines is 2. The monoisotopic (exact) mass is 336 g/mol. The summed E-state index contributed by atoms with van der Waals surface area (Å²) < 4.78 is 14.0. The highest BCUT2D eigenvalue weighted by Gasteiger charge is 2.07. The SMILES string of the molecule is Cc1ccc(-c2ccc(Nc3nc4ccc(F)cc4s3)nn2)cc1. The van der Waals surface area contributed by atoms with E-state index in [9.17, 15) is 4.39 Å². The predicted octanol–water partition coefficient (Wildman–Crippen LogP) is 4.94. The molecule has 24 heavy (non-hydrogen) atoms. The van der Waals surface area contributed by atoms with Gasteiger partial charge in [-0.05, 0) is 37.3 Å². The number of nitrogens with one attached hydrogen (secondary N) is 1. The van der Waals surface area contributed by atoms with Crippen LogP contribution in [0, 0.1) is 12.7 Å². The summed E-state index contributed by atoms with van der Waals surface area (Å²) in [5.74, 6) is 0.338. The summed E-state index contributed by atoms with van der Waals surface area (Å²) in [4.78, 5) is 4.41. The average molecular weight is 336 g/mol. The average Bonchev–Trinajstić information content (AvgIpc) is 2.98. The largest absolute Gasteiger partial charge is 0.315 e. The minimum Gasteiger partial charge on any atom is -0.315 e. The molecule has 0 radical (unpaired) electrons. The van der Waals surface area contributed by atoms with Gasteiger partial charge in [0.05, 0.1) is 15.9 Å². The van der Waals surface area contributed by atoms with E-state index in [1.807, 2.05) is 43.3 Å². The van der Waals surface area contributed by atoms with Crippen LogP contribution < -0.4 is 5.32 Å². The van der Waals surface area contributed by atoms with Gasteiger partial charge in [0, 0.05) is 5.56 Å². The summed E-state index contributed by atoms with van der Waals surface area (Å²) in [6.07, 6.45) is 0. The Morgan fingerprint density at radius 3 is 2.54 bits per heavy atom. The number of halogens is 1. The van der Waals surface area contributed by atoms with Crippen LogP contribution in [0.1, 0.15) is 5.56 Å². The van der Waals surface area contributed by atoms with Gasteiger partial charge in [-0.2, -0.15) is 0 Å². The number of hydrogen-bond donors (Lipinski definition) is 1. The Balaban J connectivity index is 1.57. The van der Waals surface area contributed by atoms with Crippen LogP contribution in [0.3, 0.4) is 0 Å². The highest BCUT2D eigenvalue weighted by molar-refractivity contribution is 7.22. The van der Waals surface area contributed by atoms with Crippen LogP contribution in [-0.2, 0) is 0 Å². The Morgan fingerprint density at radius 2 is 1.79 bits per heavy atom. The smallest absolute Gasteiger partial charge is 0.189 e. The van der Waals surface area contributed by atoms with E-state index in [2.05, 4.69) is 20.5 Å². The zero-order valence-electron chi connectivity index (χ0n) is 12.8. The van der Waals surface area contributed by atoms with Crippen molar-refractivity contribution in [2.24, 2.45) is 0 Å². The maximum Gasteiger partial charge on any atom is 0.189 e. The molecular formula is C18H13FN4S. The number of aryl methyl sites for hydroxylation is 1. The lowest BCUT2D eigenvalue weighted by Crippen LogP contribution is -1.95. The highest BCUT2D eigenvalue weighted by atomic mass is 32.1. The third-order valence-electron chi connectivity index (χ3n) is 3.60. The zero-order valence-corrected chi connectivity index (χ0v) is 13.6. The number of fused-ring (bicyclic) bond motifs is 1. The van der Waals surface area contributed by atoms with Crippen molar-refractivity contribution in [3.05, 3.63) is 66.0 Å². The third-order valence-corrected chi connectivity index (χ3v) is 4.53. The van der Waals surface area contributed by atoms with Gasteiger partial charge in [-0.1, -0.05) is 41.2 Å². The van der Waals surface area contributed by atoms with Crippen molar-refractivity contribution in [2.45, 2.75) is 6.92 Å².